The van der Waals surface area contributed by atoms with Crippen molar-refractivity contribution < 1.29 is 9.15 Å². The van der Waals surface area contributed by atoms with Crippen LogP contribution in [0, 0.1) is 34.6 Å². The molecule has 3 nitrogen and oxygen atoms in total. The average Bonchev–Trinajstić information content (AvgIpc) is 2.65. The van der Waals surface area contributed by atoms with E-state index in [1.54, 1.807) is 7.11 Å². The fraction of sp³-hybridized carbons (Fsp3) is 0.412. The fourth-order valence-corrected chi connectivity index (χ4v) is 2.79. The molecule has 2 aromatic rings. The number of rotatable bonds is 3. The van der Waals surface area contributed by atoms with Gasteiger partial charge in [0.25, 0.3) is 0 Å². The van der Waals surface area contributed by atoms with E-state index in [1.807, 2.05) is 26.8 Å². The molecular weight excluding hydrogens is 250 g/mol. The lowest BCUT2D eigenvalue weighted by molar-refractivity contribution is 0.411. The maximum atomic E-state index is 6.49. The Morgan fingerprint density at radius 2 is 1.65 bits per heavy atom. The summed E-state index contributed by atoms with van der Waals surface area (Å²) < 4.78 is 11.1. The molecule has 20 heavy (non-hydrogen) atoms. The van der Waals surface area contributed by atoms with Crippen molar-refractivity contribution >= 4 is 0 Å². The first-order valence-electron chi connectivity index (χ1n) is 6.84. The smallest absolute Gasteiger partial charge is 0.122 e. The van der Waals surface area contributed by atoms with Crippen LogP contribution in [0.3, 0.4) is 0 Å². The van der Waals surface area contributed by atoms with E-state index in [0.717, 1.165) is 45.1 Å². The van der Waals surface area contributed by atoms with Crippen molar-refractivity contribution in [1.29, 1.82) is 0 Å². The van der Waals surface area contributed by atoms with E-state index in [4.69, 9.17) is 14.9 Å². The average molecular weight is 273 g/mol. The first kappa shape index (κ1) is 14.7. The van der Waals surface area contributed by atoms with Crippen molar-refractivity contribution in [2.24, 2.45) is 5.73 Å². The van der Waals surface area contributed by atoms with Crippen LogP contribution < -0.4 is 10.5 Å². The molecule has 0 aliphatic rings. The van der Waals surface area contributed by atoms with Gasteiger partial charge in [0.05, 0.1) is 13.2 Å². The number of hydrogen-bond acceptors (Lipinski definition) is 3. The van der Waals surface area contributed by atoms with Gasteiger partial charge in [-0.05, 0) is 62.9 Å². The summed E-state index contributed by atoms with van der Waals surface area (Å²) in [5.41, 5.74) is 12.1. The van der Waals surface area contributed by atoms with Crippen molar-refractivity contribution in [3.8, 4) is 5.75 Å². The van der Waals surface area contributed by atoms with Gasteiger partial charge in [0, 0.05) is 5.56 Å². The first-order valence-corrected chi connectivity index (χ1v) is 6.84. The second-order valence-corrected chi connectivity index (χ2v) is 5.41. The van der Waals surface area contributed by atoms with Gasteiger partial charge in [0.15, 0.2) is 0 Å². The molecule has 2 N–H and O–H groups in total. The summed E-state index contributed by atoms with van der Waals surface area (Å²) in [7, 11) is 1.69. The van der Waals surface area contributed by atoms with Gasteiger partial charge in [0.2, 0.25) is 0 Å². The van der Waals surface area contributed by atoms with E-state index in [1.165, 1.54) is 0 Å². The van der Waals surface area contributed by atoms with Crippen LogP contribution in [0.15, 0.2) is 16.5 Å². The zero-order valence-corrected chi connectivity index (χ0v) is 13.1. The number of furan rings is 1. The maximum absolute atomic E-state index is 6.49. The van der Waals surface area contributed by atoms with E-state index in [-0.39, 0.29) is 6.04 Å². The third kappa shape index (κ3) is 2.34. The number of ether oxygens (including phenoxy) is 1. The normalized spacial score (nSPS) is 12.6. The summed E-state index contributed by atoms with van der Waals surface area (Å²) in [6, 6.07) is 3.99. The Balaban J connectivity index is 2.53. The van der Waals surface area contributed by atoms with Gasteiger partial charge in [-0.1, -0.05) is 6.07 Å². The molecule has 2 rings (SSSR count). The largest absolute Gasteiger partial charge is 0.496 e. The van der Waals surface area contributed by atoms with E-state index in [9.17, 15) is 0 Å². The lowest BCUT2D eigenvalue weighted by Crippen LogP contribution is -2.15. The molecule has 0 radical (unpaired) electrons. The Bertz CT molecular complexity index is 641. The molecule has 1 aromatic heterocycles. The Hall–Kier alpha value is -1.74. The summed E-state index contributed by atoms with van der Waals surface area (Å²) in [6.07, 6.45) is 0. The summed E-state index contributed by atoms with van der Waals surface area (Å²) in [6.45, 7) is 10.1. The Morgan fingerprint density at radius 3 is 2.15 bits per heavy atom. The lowest BCUT2D eigenvalue weighted by atomic mass is 9.92. The number of nitrogens with two attached hydrogens (primary N) is 1. The molecule has 0 aliphatic heterocycles. The highest BCUT2D eigenvalue weighted by atomic mass is 16.5. The van der Waals surface area contributed by atoms with Crippen molar-refractivity contribution in [2.45, 2.75) is 40.7 Å². The fourth-order valence-electron chi connectivity index (χ4n) is 2.79. The van der Waals surface area contributed by atoms with E-state index in [0.29, 0.717) is 0 Å². The standard InChI is InChI=1S/C17H23NO2/c1-9-8-15(19-6)10(2)7-14(9)17(18)16-11(3)12(4)20-13(16)5/h7-8,17H,18H2,1-6H3. The number of hydrogen-bond donors (Lipinski definition) is 1. The van der Waals surface area contributed by atoms with Gasteiger partial charge in [-0.25, -0.2) is 0 Å². The molecule has 1 heterocycles. The summed E-state index contributed by atoms with van der Waals surface area (Å²) in [4.78, 5) is 0. The van der Waals surface area contributed by atoms with Gasteiger partial charge in [0.1, 0.15) is 17.3 Å². The molecule has 0 aliphatic carbocycles. The predicted octanol–water partition coefficient (Wildman–Crippen LogP) is 3.88. The minimum absolute atomic E-state index is 0.169. The Kier molecular flexibility index (Phi) is 3.91. The molecule has 108 valence electrons. The summed E-state index contributed by atoms with van der Waals surface area (Å²) in [5, 5.41) is 0. The molecule has 0 amide bonds. The number of methoxy groups -OCH3 is 1. The molecule has 1 atom stereocenters. The number of aryl methyl sites for hydroxylation is 4. The molecule has 0 saturated heterocycles. The predicted molar refractivity (Wildman–Crippen MR) is 81.4 cm³/mol. The second-order valence-electron chi connectivity index (χ2n) is 5.41. The summed E-state index contributed by atoms with van der Waals surface area (Å²) in [5.74, 6) is 2.74. The van der Waals surface area contributed by atoms with Crippen LogP contribution in [-0.4, -0.2) is 7.11 Å². The van der Waals surface area contributed by atoms with Crippen LogP contribution in [-0.2, 0) is 0 Å². The minimum atomic E-state index is -0.169. The van der Waals surface area contributed by atoms with Gasteiger partial charge >= 0.3 is 0 Å². The Labute approximate surface area is 120 Å². The molecule has 1 aromatic carbocycles. The molecular formula is C17H23NO2. The van der Waals surface area contributed by atoms with Crippen LogP contribution in [0.1, 0.15) is 45.4 Å². The maximum Gasteiger partial charge on any atom is 0.122 e. The monoisotopic (exact) mass is 273 g/mol. The molecule has 0 fully saturated rings. The van der Waals surface area contributed by atoms with E-state index in [2.05, 4.69) is 19.9 Å². The van der Waals surface area contributed by atoms with Crippen molar-refractivity contribution in [3.63, 3.8) is 0 Å². The van der Waals surface area contributed by atoms with Crippen molar-refractivity contribution in [3.05, 3.63) is 51.5 Å². The highest BCUT2D eigenvalue weighted by Gasteiger charge is 2.21. The third-order valence-corrected chi connectivity index (χ3v) is 4.05. The van der Waals surface area contributed by atoms with E-state index >= 15 is 0 Å². The van der Waals surface area contributed by atoms with Crippen LogP contribution in [0.25, 0.3) is 0 Å². The number of benzene rings is 1. The molecule has 0 spiro atoms. The minimum Gasteiger partial charge on any atom is -0.496 e. The van der Waals surface area contributed by atoms with Crippen molar-refractivity contribution in [1.82, 2.24) is 0 Å². The van der Waals surface area contributed by atoms with E-state index < -0.39 is 0 Å². The van der Waals surface area contributed by atoms with Gasteiger partial charge in [-0.15, -0.1) is 0 Å². The molecule has 1 unspecified atom stereocenters. The van der Waals surface area contributed by atoms with Crippen LogP contribution in [0.4, 0.5) is 0 Å². The van der Waals surface area contributed by atoms with Crippen LogP contribution in [0.5, 0.6) is 5.75 Å². The Morgan fingerprint density at radius 1 is 1.00 bits per heavy atom. The SMILES string of the molecule is COc1cc(C)c(C(N)c2c(C)oc(C)c2C)cc1C. The van der Waals surface area contributed by atoms with Crippen molar-refractivity contribution in [2.75, 3.05) is 7.11 Å². The quantitative estimate of drug-likeness (QED) is 0.923. The lowest BCUT2D eigenvalue weighted by Gasteiger charge is -2.18. The van der Waals surface area contributed by atoms with Gasteiger partial charge in [-0.2, -0.15) is 0 Å². The molecule has 0 bridgehead atoms. The second kappa shape index (κ2) is 5.33. The molecule has 3 heteroatoms. The van der Waals surface area contributed by atoms with Crippen LogP contribution >= 0.6 is 0 Å². The third-order valence-electron chi connectivity index (χ3n) is 4.05. The van der Waals surface area contributed by atoms with Gasteiger partial charge < -0.3 is 14.9 Å². The summed E-state index contributed by atoms with van der Waals surface area (Å²) >= 11 is 0. The topological polar surface area (TPSA) is 48.4 Å². The van der Waals surface area contributed by atoms with Gasteiger partial charge in [-0.3, -0.25) is 0 Å². The first-order chi connectivity index (χ1) is 9.36. The highest BCUT2D eigenvalue weighted by Crippen LogP contribution is 2.33. The highest BCUT2D eigenvalue weighted by molar-refractivity contribution is 5.48. The molecule has 0 saturated carbocycles. The zero-order valence-electron chi connectivity index (χ0n) is 13.1. The zero-order chi connectivity index (χ0) is 15.0. The van der Waals surface area contributed by atoms with Crippen LogP contribution in [0.2, 0.25) is 0 Å².